The van der Waals surface area contributed by atoms with Crippen molar-refractivity contribution in [3.63, 3.8) is 0 Å². The number of fused-ring (bicyclic) bond motifs is 1. The maximum absolute atomic E-state index is 12.4. The molecule has 0 saturated carbocycles. The normalized spacial score (nSPS) is 10.7. The Balaban J connectivity index is 1.36. The summed E-state index contributed by atoms with van der Waals surface area (Å²) in [5.74, 6) is -1.27. The molecule has 7 nitrogen and oxygen atoms in total. The number of carbonyl (C=O) groups is 2. The van der Waals surface area contributed by atoms with Gasteiger partial charge in [0, 0.05) is 20.9 Å². The number of H-pyrrole nitrogens is 1. The summed E-state index contributed by atoms with van der Waals surface area (Å²) in [7, 11) is 0. The third-order valence-corrected chi connectivity index (χ3v) is 6.10. The molecule has 4 rings (SSSR count). The van der Waals surface area contributed by atoms with Crippen LogP contribution in [-0.2, 0) is 9.53 Å². The number of carbonyl (C=O) groups excluding carboxylic acids is 2. The molecule has 4 aromatic rings. The van der Waals surface area contributed by atoms with Crippen molar-refractivity contribution in [3.8, 4) is 0 Å². The van der Waals surface area contributed by atoms with E-state index in [1.54, 1.807) is 48.2 Å². The van der Waals surface area contributed by atoms with Gasteiger partial charge in [0.25, 0.3) is 11.5 Å². The van der Waals surface area contributed by atoms with Gasteiger partial charge in [-0.15, -0.1) is 0 Å². The van der Waals surface area contributed by atoms with E-state index < -0.39 is 24.0 Å². The Morgan fingerprint density at radius 2 is 1.73 bits per heavy atom. The summed E-state index contributed by atoms with van der Waals surface area (Å²) in [6.45, 7) is 3.65. The van der Waals surface area contributed by atoms with E-state index in [2.05, 4.69) is 47.6 Å². The van der Waals surface area contributed by atoms with Crippen molar-refractivity contribution in [1.29, 1.82) is 0 Å². The van der Waals surface area contributed by atoms with E-state index in [0.717, 1.165) is 4.90 Å². The molecule has 1 aromatic heterocycles. The first-order valence-electron chi connectivity index (χ1n) is 10.2. The van der Waals surface area contributed by atoms with Crippen molar-refractivity contribution in [2.24, 2.45) is 0 Å². The Labute approximate surface area is 194 Å². The van der Waals surface area contributed by atoms with Crippen LogP contribution in [0.25, 0.3) is 10.8 Å². The third kappa shape index (κ3) is 5.30. The van der Waals surface area contributed by atoms with Crippen LogP contribution in [0, 0.1) is 13.8 Å². The molecule has 0 aliphatic carbocycles. The number of aromatic nitrogens is 2. The zero-order valence-electron chi connectivity index (χ0n) is 18.0. The molecule has 0 bridgehead atoms. The topological polar surface area (TPSA) is 101 Å². The number of nitrogens with zero attached hydrogens (tertiary/aromatic N) is 1. The van der Waals surface area contributed by atoms with Gasteiger partial charge in [0.2, 0.25) is 0 Å². The molecule has 2 N–H and O–H groups in total. The number of hydrogen-bond acceptors (Lipinski definition) is 6. The van der Waals surface area contributed by atoms with Gasteiger partial charge in [-0.25, -0.2) is 9.89 Å². The lowest BCUT2D eigenvalue weighted by molar-refractivity contribution is -0.119. The average Bonchev–Trinajstić information content (AvgIpc) is 2.81. The molecule has 8 heteroatoms. The molecular weight excluding hydrogens is 438 g/mol. The molecule has 3 aromatic carbocycles. The number of benzene rings is 3. The first kappa shape index (κ1) is 22.3. The summed E-state index contributed by atoms with van der Waals surface area (Å²) in [5.41, 5.74) is 2.54. The van der Waals surface area contributed by atoms with Gasteiger partial charge in [0.05, 0.1) is 5.39 Å². The number of amides is 1. The molecule has 166 valence electrons. The lowest BCUT2D eigenvalue weighted by Crippen LogP contribution is -2.22. The molecule has 1 heterocycles. The second-order valence-electron chi connectivity index (χ2n) is 7.47. The highest BCUT2D eigenvalue weighted by atomic mass is 32.2. The van der Waals surface area contributed by atoms with Crippen LogP contribution < -0.4 is 10.9 Å². The molecule has 33 heavy (non-hydrogen) atoms. The zero-order valence-corrected chi connectivity index (χ0v) is 18.9. The Kier molecular flexibility index (Phi) is 6.55. The van der Waals surface area contributed by atoms with Crippen molar-refractivity contribution in [3.05, 3.63) is 93.9 Å². The summed E-state index contributed by atoms with van der Waals surface area (Å²) < 4.78 is 5.10. The molecule has 0 aliphatic rings. The van der Waals surface area contributed by atoms with Crippen LogP contribution in [0.3, 0.4) is 0 Å². The standard InChI is InChI=1S/C25H21N3O4S/c1-15-7-8-16(2)21(13-15)33-18-11-9-17(10-12-18)26-22(29)14-32-25(31)23-19-5-3-4-6-20(19)24(30)28-27-23/h3-13H,14H2,1-2H3,(H,26,29)(H,28,30). The van der Waals surface area contributed by atoms with Crippen LogP contribution in [-0.4, -0.2) is 28.7 Å². The fraction of sp³-hybridized carbons (Fsp3) is 0.120. The fourth-order valence-electron chi connectivity index (χ4n) is 3.22. The van der Waals surface area contributed by atoms with E-state index >= 15 is 0 Å². The second-order valence-corrected chi connectivity index (χ2v) is 8.58. The average molecular weight is 460 g/mol. The van der Waals surface area contributed by atoms with Crippen LogP contribution in [0.2, 0.25) is 0 Å². The minimum absolute atomic E-state index is 0.0502. The largest absolute Gasteiger partial charge is 0.451 e. The molecule has 0 radical (unpaired) electrons. The highest BCUT2D eigenvalue weighted by Crippen LogP contribution is 2.31. The number of rotatable bonds is 6. The van der Waals surface area contributed by atoms with Crippen LogP contribution in [0.4, 0.5) is 5.69 Å². The van der Waals surface area contributed by atoms with Gasteiger partial charge in [-0.2, -0.15) is 5.10 Å². The van der Waals surface area contributed by atoms with E-state index in [9.17, 15) is 14.4 Å². The molecular formula is C25H21N3O4S. The van der Waals surface area contributed by atoms with Crippen LogP contribution in [0.1, 0.15) is 21.6 Å². The predicted octanol–water partition coefficient (Wildman–Crippen LogP) is 4.49. The first-order chi connectivity index (χ1) is 15.9. The number of nitrogens with one attached hydrogen (secondary N) is 2. The zero-order chi connectivity index (χ0) is 23.4. The first-order valence-corrected chi connectivity index (χ1v) is 11.0. The molecule has 0 saturated heterocycles. The smallest absolute Gasteiger partial charge is 0.359 e. The Bertz CT molecular complexity index is 1400. The van der Waals surface area contributed by atoms with E-state index in [1.165, 1.54) is 16.0 Å². The number of anilines is 1. The monoisotopic (exact) mass is 459 g/mol. The van der Waals surface area contributed by atoms with E-state index in [1.807, 2.05) is 12.1 Å². The minimum Gasteiger partial charge on any atom is -0.451 e. The van der Waals surface area contributed by atoms with Gasteiger partial charge < -0.3 is 10.1 Å². The third-order valence-electron chi connectivity index (χ3n) is 4.93. The summed E-state index contributed by atoms with van der Waals surface area (Å²) in [6, 6.07) is 20.3. The van der Waals surface area contributed by atoms with Gasteiger partial charge in [0.1, 0.15) is 0 Å². The molecule has 1 amide bonds. The Hall–Kier alpha value is -3.91. The van der Waals surface area contributed by atoms with Crippen LogP contribution >= 0.6 is 11.8 Å². The summed E-state index contributed by atoms with van der Waals surface area (Å²) >= 11 is 1.66. The molecule has 0 fully saturated rings. The highest BCUT2D eigenvalue weighted by Gasteiger charge is 2.17. The Morgan fingerprint density at radius 3 is 2.48 bits per heavy atom. The summed E-state index contributed by atoms with van der Waals surface area (Å²) in [6.07, 6.45) is 0. The second kappa shape index (κ2) is 9.70. The molecule has 0 unspecified atom stereocenters. The number of hydrogen-bond donors (Lipinski definition) is 2. The summed E-state index contributed by atoms with van der Waals surface area (Å²) in [4.78, 5) is 38.7. The van der Waals surface area contributed by atoms with Gasteiger partial charge in [-0.3, -0.25) is 9.59 Å². The summed E-state index contributed by atoms with van der Waals surface area (Å²) in [5, 5.41) is 9.44. The lowest BCUT2D eigenvalue weighted by atomic mass is 10.1. The van der Waals surface area contributed by atoms with E-state index in [0.29, 0.717) is 16.5 Å². The van der Waals surface area contributed by atoms with Crippen molar-refractivity contribution >= 4 is 40.1 Å². The van der Waals surface area contributed by atoms with Gasteiger partial charge in [-0.1, -0.05) is 42.1 Å². The minimum atomic E-state index is -0.794. The van der Waals surface area contributed by atoms with Crippen LogP contribution in [0.5, 0.6) is 0 Å². The number of aryl methyl sites for hydroxylation is 2. The maximum atomic E-state index is 12.4. The maximum Gasteiger partial charge on any atom is 0.359 e. The fourth-order valence-corrected chi connectivity index (χ4v) is 4.22. The quantitative estimate of drug-likeness (QED) is 0.412. The van der Waals surface area contributed by atoms with E-state index in [-0.39, 0.29) is 5.69 Å². The highest BCUT2D eigenvalue weighted by molar-refractivity contribution is 7.99. The number of ether oxygens (including phenoxy) is 1. The van der Waals surface area contributed by atoms with Gasteiger partial charge >= 0.3 is 5.97 Å². The number of esters is 1. The molecule has 0 aliphatic heterocycles. The predicted molar refractivity (Wildman–Crippen MR) is 128 cm³/mol. The molecule has 0 atom stereocenters. The molecule has 0 spiro atoms. The van der Waals surface area contributed by atoms with Crippen molar-refractivity contribution in [2.45, 2.75) is 23.6 Å². The van der Waals surface area contributed by atoms with Crippen LogP contribution in [0.15, 0.2) is 81.3 Å². The van der Waals surface area contributed by atoms with E-state index in [4.69, 9.17) is 4.74 Å². The lowest BCUT2D eigenvalue weighted by Gasteiger charge is -2.09. The number of aromatic amines is 1. The SMILES string of the molecule is Cc1ccc(C)c(Sc2ccc(NC(=O)COC(=O)c3n[nH]c(=O)c4ccccc34)cc2)c1. The van der Waals surface area contributed by atoms with Crippen molar-refractivity contribution < 1.29 is 14.3 Å². The van der Waals surface area contributed by atoms with Crippen molar-refractivity contribution in [2.75, 3.05) is 11.9 Å². The van der Waals surface area contributed by atoms with Gasteiger partial charge in [-0.05, 0) is 61.4 Å². The Morgan fingerprint density at radius 1 is 1.00 bits per heavy atom. The van der Waals surface area contributed by atoms with Gasteiger partial charge in [0.15, 0.2) is 12.3 Å². The van der Waals surface area contributed by atoms with Crippen molar-refractivity contribution in [1.82, 2.24) is 10.2 Å².